The fourth-order valence-corrected chi connectivity index (χ4v) is 6.17. The number of carbonyl (C=O) groups is 2. The summed E-state index contributed by atoms with van der Waals surface area (Å²) in [5.41, 5.74) is -0.994. The number of rotatable bonds is 9. The normalized spacial score (nSPS) is 29.1. The molecular weight excluding hydrogens is 318 g/mol. The van der Waals surface area contributed by atoms with E-state index in [-0.39, 0.29) is 29.9 Å². The number of carboxylic acids is 1. The number of unbranched alkanes of at least 4 members (excludes halogenated alkanes) is 2. The Bertz CT molecular complexity index is 583. The Kier molecular flexibility index (Phi) is 5.21. The van der Waals surface area contributed by atoms with Crippen LogP contribution in [0.1, 0.15) is 58.8 Å². The Balaban J connectivity index is 1.86. The number of Topliss-reactive ketones (excluding diaryl/α,β-unsaturated/α-hetero) is 1. The number of carboxylic acid groups (broad SMARTS) is 1. The summed E-state index contributed by atoms with van der Waals surface area (Å²) in [5.74, 6) is -0.808. The highest BCUT2D eigenvalue weighted by atomic mass is 32.2. The average Bonchev–Trinajstić information content (AvgIpc) is 2.76. The summed E-state index contributed by atoms with van der Waals surface area (Å²) in [4.78, 5) is 22.7. The molecule has 0 aromatic rings. The molecule has 2 atom stereocenters. The summed E-state index contributed by atoms with van der Waals surface area (Å²) in [5, 5.41) is 10.3. The van der Waals surface area contributed by atoms with E-state index in [2.05, 4.69) is 4.72 Å². The van der Waals surface area contributed by atoms with Gasteiger partial charge in [-0.2, -0.15) is 0 Å². The molecule has 0 aromatic heterocycles. The number of ketones is 1. The molecule has 0 unspecified atom stereocenters. The van der Waals surface area contributed by atoms with Crippen LogP contribution >= 0.6 is 0 Å². The maximum Gasteiger partial charge on any atom is 0.212 e. The van der Waals surface area contributed by atoms with E-state index < -0.39 is 21.4 Å². The summed E-state index contributed by atoms with van der Waals surface area (Å²) >= 11 is 0. The minimum atomic E-state index is -3.52. The van der Waals surface area contributed by atoms with Crippen LogP contribution in [0.4, 0.5) is 0 Å². The zero-order valence-corrected chi connectivity index (χ0v) is 14.7. The molecule has 0 heterocycles. The summed E-state index contributed by atoms with van der Waals surface area (Å²) in [7, 11) is -3.52. The molecule has 1 N–H and O–H groups in total. The Morgan fingerprint density at radius 1 is 1.30 bits per heavy atom. The van der Waals surface area contributed by atoms with Gasteiger partial charge in [0.1, 0.15) is 5.78 Å². The van der Waals surface area contributed by atoms with Crippen LogP contribution in [0.25, 0.3) is 0 Å². The van der Waals surface area contributed by atoms with Crippen LogP contribution in [0, 0.1) is 16.7 Å². The lowest BCUT2D eigenvalue weighted by Gasteiger charge is -2.36. The van der Waals surface area contributed by atoms with E-state index in [1.54, 1.807) is 0 Å². The van der Waals surface area contributed by atoms with Gasteiger partial charge in [-0.1, -0.05) is 20.3 Å². The number of nitrogens with one attached hydrogen (secondary N) is 1. The van der Waals surface area contributed by atoms with Gasteiger partial charge in [0.2, 0.25) is 10.0 Å². The second-order valence-electron chi connectivity index (χ2n) is 7.50. The number of sulfonamides is 1. The van der Waals surface area contributed by atoms with Crippen molar-refractivity contribution < 1.29 is 23.1 Å². The molecule has 2 aliphatic carbocycles. The molecule has 2 rings (SSSR count). The first kappa shape index (κ1) is 18.4. The third-order valence-electron chi connectivity index (χ3n) is 5.96. The molecular formula is C16H26NO5S-. The number of hydrogen-bond donors (Lipinski definition) is 1. The lowest BCUT2D eigenvalue weighted by Crippen LogP contribution is -2.45. The SMILES string of the molecule is CC1(C)[C@H]2CC[C@]1(CS(=O)(=O)NCCCCCC(=O)[O-])C(=O)C2. The van der Waals surface area contributed by atoms with Gasteiger partial charge < -0.3 is 9.90 Å². The highest BCUT2D eigenvalue weighted by Crippen LogP contribution is 2.64. The molecule has 2 fully saturated rings. The molecule has 0 amide bonds. The van der Waals surface area contributed by atoms with Crippen molar-refractivity contribution in [1.82, 2.24) is 4.72 Å². The van der Waals surface area contributed by atoms with Crippen molar-refractivity contribution in [1.29, 1.82) is 0 Å². The van der Waals surface area contributed by atoms with E-state index in [0.29, 0.717) is 38.0 Å². The van der Waals surface area contributed by atoms with Gasteiger partial charge in [-0.25, -0.2) is 13.1 Å². The van der Waals surface area contributed by atoms with Gasteiger partial charge in [0, 0.05) is 24.3 Å². The molecule has 0 saturated heterocycles. The van der Waals surface area contributed by atoms with Gasteiger partial charge in [0.05, 0.1) is 5.75 Å². The van der Waals surface area contributed by atoms with Crippen molar-refractivity contribution in [2.45, 2.75) is 58.8 Å². The van der Waals surface area contributed by atoms with Crippen LogP contribution in [0.5, 0.6) is 0 Å². The van der Waals surface area contributed by atoms with Crippen molar-refractivity contribution >= 4 is 21.8 Å². The van der Waals surface area contributed by atoms with E-state index in [9.17, 15) is 23.1 Å². The second kappa shape index (κ2) is 6.51. The molecule has 23 heavy (non-hydrogen) atoms. The minimum Gasteiger partial charge on any atom is -0.550 e. The molecule has 2 bridgehead atoms. The third-order valence-corrected chi connectivity index (χ3v) is 7.47. The molecule has 0 aliphatic heterocycles. The summed E-state index contributed by atoms with van der Waals surface area (Å²) < 4.78 is 27.3. The van der Waals surface area contributed by atoms with Crippen molar-refractivity contribution in [2.24, 2.45) is 16.7 Å². The largest absolute Gasteiger partial charge is 0.550 e. The first-order chi connectivity index (χ1) is 10.6. The van der Waals surface area contributed by atoms with E-state index in [1.807, 2.05) is 13.8 Å². The Labute approximate surface area is 138 Å². The number of carbonyl (C=O) groups excluding carboxylic acids is 2. The lowest BCUT2D eigenvalue weighted by atomic mass is 9.70. The zero-order valence-electron chi connectivity index (χ0n) is 13.9. The fourth-order valence-electron chi connectivity index (χ4n) is 4.28. The average molecular weight is 344 g/mol. The molecule has 2 saturated carbocycles. The maximum atomic E-state index is 12.4. The lowest BCUT2D eigenvalue weighted by molar-refractivity contribution is -0.305. The molecule has 0 radical (unpaired) electrons. The van der Waals surface area contributed by atoms with Crippen molar-refractivity contribution in [2.75, 3.05) is 12.3 Å². The Morgan fingerprint density at radius 2 is 2.00 bits per heavy atom. The maximum absolute atomic E-state index is 12.4. The summed E-state index contributed by atoms with van der Waals surface area (Å²) in [6, 6.07) is 0. The van der Waals surface area contributed by atoms with Crippen LogP contribution in [-0.2, 0) is 19.6 Å². The van der Waals surface area contributed by atoms with Crippen LogP contribution in [0.3, 0.4) is 0 Å². The monoisotopic (exact) mass is 344 g/mol. The van der Waals surface area contributed by atoms with E-state index in [4.69, 9.17) is 0 Å². The van der Waals surface area contributed by atoms with Gasteiger partial charge in [0.15, 0.2) is 0 Å². The number of hydrogen-bond acceptors (Lipinski definition) is 5. The smallest absolute Gasteiger partial charge is 0.212 e. The van der Waals surface area contributed by atoms with Crippen molar-refractivity contribution in [3.63, 3.8) is 0 Å². The predicted octanol–water partition coefficient (Wildman–Crippen LogP) is 0.612. The van der Waals surface area contributed by atoms with Gasteiger partial charge in [-0.05, 0) is 43.4 Å². The van der Waals surface area contributed by atoms with Crippen LogP contribution in [0.15, 0.2) is 0 Å². The van der Waals surface area contributed by atoms with Crippen LogP contribution < -0.4 is 9.83 Å². The Morgan fingerprint density at radius 3 is 2.52 bits per heavy atom. The van der Waals surface area contributed by atoms with Gasteiger partial charge in [-0.15, -0.1) is 0 Å². The third kappa shape index (κ3) is 3.60. The second-order valence-corrected chi connectivity index (χ2v) is 9.31. The highest BCUT2D eigenvalue weighted by Gasteiger charge is 2.65. The van der Waals surface area contributed by atoms with Gasteiger partial charge in [0.25, 0.3) is 0 Å². The van der Waals surface area contributed by atoms with E-state index in [0.717, 1.165) is 6.42 Å². The molecule has 2 aliphatic rings. The molecule has 7 heteroatoms. The fraction of sp³-hybridized carbons (Fsp3) is 0.875. The van der Waals surface area contributed by atoms with E-state index >= 15 is 0 Å². The van der Waals surface area contributed by atoms with Crippen LogP contribution in [-0.4, -0.2) is 32.5 Å². The molecule has 132 valence electrons. The molecule has 6 nitrogen and oxygen atoms in total. The van der Waals surface area contributed by atoms with E-state index in [1.165, 1.54) is 0 Å². The first-order valence-electron chi connectivity index (χ1n) is 8.31. The molecule has 0 aromatic carbocycles. The topological polar surface area (TPSA) is 103 Å². The number of aliphatic carboxylic acids is 1. The number of fused-ring (bicyclic) bond motifs is 2. The van der Waals surface area contributed by atoms with Crippen molar-refractivity contribution in [3.05, 3.63) is 0 Å². The standard InChI is InChI=1S/C16H27NO5S/c1-15(2)12-7-8-16(15,13(18)10-12)11-23(21,22)17-9-5-3-4-6-14(19)20/h12,17H,3-11H2,1-2H3,(H,19,20)/p-1/t12-,16-/m0/s1. The predicted molar refractivity (Wildman–Crippen MR) is 83.8 cm³/mol. The van der Waals surface area contributed by atoms with Crippen molar-refractivity contribution in [3.8, 4) is 0 Å². The summed E-state index contributed by atoms with van der Waals surface area (Å²) in [6.07, 6.45) is 3.80. The van der Waals surface area contributed by atoms with Gasteiger partial charge in [-0.3, -0.25) is 4.79 Å². The van der Waals surface area contributed by atoms with Crippen LogP contribution in [0.2, 0.25) is 0 Å². The Hall–Kier alpha value is -0.950. The quantitative estimate of drug-likeness (QED) is 0.617. The molecule has 0 spiro atoms. The highest BCUT2D eigenvalue weighted by molar-refractivity contribution is 7.89. The zero-order chi connectivity index (χ0) is 17.3. The first-order valence-corrected chi connectivity index (χ1v) is 9.96. The van der Waals surface area contributed by atoms with Gasteiger partial charge >= 0.3 is 0 Å². The summed E-state index contributed by atoms with van der Waals surface area (Å²) in [6.45, 7) is 4.32. The minimum absolute atomic E-state index is 0.0000587.